The first-order chi connectivity index (χ1) is 15.7. The quantitative estimate of drug-likeness (QED) is 0.259. The summed E-state index contributed by atoms with van der Waals surface area (Å²) in [5.74, 6) is 0.769. The lowest BCUT2D eigenvalue weighted by molar-refractivity contribution is -0.274. The van der Waals surface area contributed by atoms with E-state index in [0.29, 0.717) is 11.5 Å². The van der Waals surface area contributed by atoms with Gasteiger partial charge in [0.25, 0.3) is 0 Å². The van der Waals surface area contributed by atoms with Crippen LogP contribution in [0.3, 0.4) is 0 Å². The lowest BCUT2D eigenvalue weighted by Gasteiger charge is -2.29. The van der Waals surface area contributed by atoms with Gasteiger partial charge in [-0.05, 0) is 80.0 Å². The molecule has 0 atom stereocenters. The second-order valence-corrected chi connectivity index (χ2v) is 8.51. The van der Waals surface area contributed by atoms with E-state index in [-0.39, 0.29) is 24.3 Å². The summed E-state index contributed by atoms with van der Waals surface area (Å²) in [5.41, 5.74) is 1.44. The van der Waals surface area contributed by atoms with Gasteiger partial charge in [0.05, 0.1) is 12.2 Å². The average molecular weight is 469 g/mol. The monoisotopic (exact) mass is 468 g/mol. The molecule has 1 fully saturated rings. The molecule has 2 nitrogen and oxygen atoms in total. The zero-order valence-corrected chi connectivity index (χ0v) is 18.4. The van der Waals surface area contributed by atoms with E-state index in [1.165, 1.54) is 30.7 Å². The molecule has 0 heterocycles. The molecular formula is C26H29F5O2. The number of hydrogen-bond acceptors (Lipinski definition) is 2. The van der Waals surface area contributed by atoms with E-state index in [0.717, 1.165) is 55.7 Å². The molecular weight excluding hydrogens is 439 g/mol. The molecule has 0 bridgehead atoms. The van der Waals surface area contributed by atoms with E-state index in [1.807, 2.05) is 6.08 Å². The summed E-state index contributed by atoms with van der Waals surface area (Å²) in [6, 6.07) is 11.4. The highest BCUT2D eigenvalue weighted by atomic mass is 19.4. The molecule has 0 aliphatic heterocycles. The maximum absolute atomic E-state index is 14.5. The Morgan fingerprint density at radius 2 is 1.52 bits per heavy atom. The molecule has 3 rings (SSSR count). The van der Waals surface area contributed by atoms with Gasteiger partial charge in [-0.1, -0.05) is 42.5 Å². The molecule has 0 unspecified atom stereocenters. The van der Waals surface area contributed by atoms with Gasteiger partial charge in [-0.15, -0.1) is 19.8 Å². The fourth-order valence-electron chi connectivity index (χ4n) is 4.33. The van der Waals surface area contributed by atoms with E-state index in [9.17, 15) is 22.0 Å². The SMILES string of the molecule is C=CCCC1CCC(c2ccc(C(F)(F)OCCc3ccc(OC(F)(F)F)cc3)cc2)CC1. The first-order valence-corrected chi connectivity index (χ1v) is 11.2. The van der Waals surface area contributed by atoms with Gasteiger partial charge in [-0.25, -0.2) is 0 Å². The summed E-state index contributed by atoms with van der Waals surface area (Å²) < 4.78 is 74.1. The minimum atomic E-state index is -4.77. The van der Waals surface area contributed by atoms with Crippen LogP contribution in [0.1, 0.15) is 61.1 Å². The number of halogens is 5. The second-order valence-electron chi connectivity index (χ2n) is 8.51. The third-order valence-corrected chi connectivity index (χ3v) is 6.17. The van der Waals surface area contributed by atoms with Crippen molar-refractivity contribution in [3.05, 3.63) is 77.9 Å². The van der Waals surface area contributed by atoms with Gasteiger partial charge in [0, 0.05) is 0 Å². The van der Waals surface area contributed by atoms with Crippen molar-refractivity contribution < 1.29 is 31.4 Å². The fourth-order valence-corrected chi connectivity index (χ4v) is 4.33. The molecule has 0 amide bonds. The van der Waals surface area contributed by atoms with Gasteiger partial charge in [-0.2, -0.15) is 8.78 Å². The average Bonchev–Trinajstić information content (AvgIpc) is 2.78. The highest BCUT2D eigenvalue weighted by molar-refractivity contribution is 5.28. The fraction of sp³-hybridized carbons (Fsp3) is 0.462. The summed E-state index contributed by atoms with van der Waals surface area (Å²) in [5, 5.41) is 0. The molecule has 1 saturated carbocycles. The third kappa shape index (κ3) is 7.84. The number of rotatable bonds is 10. The first kappa shape index (κ1) is 25.2. The Hall–Kier alpha value is -2.41. The van der Waals surface area contributed by atoms with E-state index in [4.69, 9.17) is 4.74 Å². The maximum Gasteiger partial charge on any atom is 0.573 e. The summed E-state index contributed by atoms with van der Waals surface area (Å²) in [7, 11) is 0. The van der Waals surface area contributed by atoms with Crippen molar-refractivity contribution in [1.82, 2.24) is 0 Å². The number of alkyl halides is 5. The van der Waals surface area contributed by atoms with Gasteiger partial charge in [0.15, 0.2) is 0 Å². The van der Waals surface area contributed by atoms with Crippen molar-refractivity contribution in [3.63, 3.8) is 0 Å². The van der Waals surface area contributed by atoms with Crippen LogP contribution in [0.5, 0.6) is 5.75 Å². The smallest absolute Gasteiger partial charge is 0.406 e. The predicted octanol–water partition coefficient (Wildman–Crippen LogP) is 8.13. The Bertz CT molecular complexity index is 867. The van der Waals surface area contributed by atoms with Crippen LogP contribution in [0.15, 0.2) is 61.2 Å². The van der Waals surface area contributed by atoms with Crippen molar-refractivity contribution in [3.8, 4) is 5.75 Å². The minimum Gasteiger partial charge on any atom is -0.406 e. The molecule has 2 aromatic rings. The molecule has 2 aromatic carbocycles. The number of hydrogen-bond donors (Lipinski definition) is 0. The molecule has 1 aliphatic rings. The van der Waals surface area contributed by atoms with Crippen LogP contribution in [-0.2, 0) is 17.3 Å². The van der Waals surface area contributed by atoms with Crippen LogP contribution in [0, 0.1) is 5.92 Å². The largest absolute Gasteiger partial charge is 0.573 e. The molecule has 7 heteroatoms. The Labute approximate surface area is 191 Å². The number of benzene rings is 2. The normalized spacial score (nSPS) is 19.3. The molecule has 0 aromatic heterocycles. The van der Waals surface area contributed by atoms with E-state index in [1.54, 1.807) is 12.1 Å². The Balaban J connectivity index is 1.48. The summed E-state index contributed by atoms with van der Waals surface area (Å²) in [6.07, 6.45) is 0.535. The van der Waals surface area contributed by atoms with Crippen LogP contribution in [0.25, 0.3) is 0 Å². The van der Waals surface area contributed by atoms with Crippen LogP contribution in [0.2, 0.25) is 0 Å². The Kier molecular flexibility index (Phi) is 8.51. The van der Waals surface area contributed by atoms with Crippen molar-refractivity contribution in [2.45, 2.75) is 63.3 Å². The molecule has 0 radical (unpaired) electrons. The predicted molar refractivity (Wildman–Crippen MR) is 117 cm³/mol. The van der Waals surface area contributed by atoms with Crippen LogP contribution < -0.4 is 4.74 Å². The van der Waals surface area contributed by atoms with E-state index >= 15 is 0 Å². The molecule has 0 spiro atoms. The molecule has 180 valence electrons. The van der Waals surface area contributed by atoms with Gasteiger partial charge >= 0.3 is 12.5 Å². The Morgan fingerprint density at radius 3 is 2.09 bits per heavy atom. The highest BCUT2D eigenvalue weighted by Gasteiger charge is 2.33. The summed E-state index contributed by atoms with van der Waals surface area (Å²) >= 11 is 0. The van der Waals surface area contributed by atoms with E-state index in [2.05, 4.69) is 11.3 Å². The van der Waals surface area contributed by atoms with E-state index < -0.39 is 12.5 Å². The van der Waals surface area contributed by atoms with Gasteiger partial charge in [0.1, 0.15) is 5.75 Å². The lowest BCUT2D eigenvalue weighted by atomic mass is 9.77. The molecule has 1 aliphatic carbocycles. The lowest BCUT2D eigenvalue weighted by Crippen LogP contribution is -2.20. The first-order valence-electron chi connectivity index (χ1n) is 11.2. The van der Waals surface area contributed by atoms with Crippen molar-refractivity contribution in [2.24, 2.45) is 5.92 Å². The zero-order chi connectivity index (χ0) is 23.9. The third-order valence-electron chi connectivity index (χ3n) is 6.17. The highest BCUT2D eigenvalue weighted by Crippen LogP contribution is 2.38. The minimum absolute atomic E-state index is 0.134. The topological polar surface area (TPSA) is 18.5 Å². The molecule has 33 heavy (non-hydrogen) atoms. The van der Waals surface area contributed by atoms with Gasteiger partial charge in [-0.3, -0.25) is 0 Å². The molecule has 0 saturated heterocycles. The molecule has 0 N–H and O–H groups in total. The number of ether oxygens (including phenoxy) is 2. The second kappa shape index (κ2) is 11.1. The van der Waals surface area contributed by atoms with Gasteiger partial charge < -0.3 is 9.47 Å². The van der Waals surface area contributed by atoms with Crippen molar-refractivity contribution >= 4 is 0 Å². The van der Waals surface area contributed by atoms with Crippen molar-refractivity contribution in [1.29, 1.82) is 0 Å². The summed E-state index contributed by atoms with van der Waals surface area (Å²) in [4.78, 5) is 0. The Morgan fingerprint density at radius 1 is 0.879 bits per heavy atom. The van der Waals surface area contributed by atoms with Crippen LogP contribution >= 0.6 is 0 Å². The maximum atomic E-state index is 14.5. The zero-order valence-electron chi connectivity index (χ0n) is 18.4. The van der Waals surface area contributed by atoms with Gasteiger partial charge in [0.2, 0.25) is 0 Å². The van der Waals surface area contributed by atoms with Crippen LogP contribution in [0.4, 0.5) is 22.0 Å². The summed E-state index contributed by atoms with van der Waals surface area (Å²) in [6.45, 7) is 3.50. The van der Waals surface area contributed by atoms with Crippen molar-refractivity contribution in [2.75, 3.05) is 6.61 Å². The van der Waals surface area contributed by atoms with Crippen LogP contribution in [-0.4, -0.2) is 13.0 Å². The number of allylic oxidation sites excluding steroid dienone is 1. The standard InChI is InChI=1S/C26H29F5O2/c1-2-3-4-19-5-9-21(10-6-19)22-11-13-23(14-12-22)25(27,28)32-18-17-20-7-15-24(16-8-20)33-26(29,30)31/h2,7-8,11-16,19,21H,1,3-6,9-10,17-18H2.